The molecule has 2 heterocycles. The molecule has 1 aromatic rings. The SMILES string of the molecule is O=S(=O)(c1ccc(S(=O)(=O)N2CCCCC2)cc1)N1CCCCC1. The molecule has 24 heavy (non-hydrogen) atoms. The Hall–Kier alpha value is -0.960. The van der Waals surface area contributed by atoms with Gasteiger partial charge >= 0.3 is 0 Å². The Morgan fingerprint density at radius 1 is 0.542 bits per heavy atom. The number of rotatable bonds is 4. The number of nitrogens with zero attached hydrogens (tertiary/aromatic N) is 2. The van der Waals surface area contributed by atoms with Crippen LogP contribution < -0.4 is 0 Å². The predicted octanol–water partition coefficient (Wildman–Crippen LogP) is 2.04. The smallest absolute Gasteiger partial charge is 0.207 e. The first-order valence-corrected chi connectivity index (χ1v) is 11.4. The van der Waals surface area contributed by atoms with Crippen LogP contribution in [0, 0.1) is 0 Å². The summed E-state index contributed by atoms with van der Waals surface area (Å²) in [4.78, 5) is 0.337. The van der Waals surface area contributed by atoms with Crippen molar-refractivity contribution < 1.29 is 16.8 Å². The Morgan fingerprint density at radius 3 is 1.12 bits per heavy atom. The molecule has 8 heteroatoms. The molecule has 0 spiro atoms. The van der Waals surface area contributed by atoms with Crippen LogP contribution in [0.3, 0.4) is 0 Å². The molecule has 3 rings (SSSR count). The van der Waals surface area contributed by atoms with E-state index < -0.39 is 20.0 Å². The molecule has 134 valence electrons. The molecular formula is C16H24N2O4S2. The molecular weight excluding hydrogens is 348 g/mol. The van der Waals surface area contributed by atoms with Gasteiger partial charge in [0.25, 0.3) is 0 Å². The molecule has 0 aliphatic carbocycles. The molecule has 1 aromatic carbocycles. The van der Waals surface area contributed by atoms with Gasteiger partial charge in [0.05, 0.1) is 9.79 Å². The molecule has 0 bridgehead atoms. The molecule has 6 nitrogen and oxygen atoms in total. The Balaban J connectivity index is 1.82. The largest absolute Gasteiger partial charge is 0.243 e. The van der Waals surface area contributed by atoms with Crippen molar-refractivity contribution in [2.24, 2.45) is 0 Å². The van der Waals surface area contributed by atoms with Gasteiger partial charge in [-0.25, -0.2) is 16.8 Å². The van der Waals surface area contributed by atoms with E-state index in [0.29, 0.717) is 26.2 Å². The lowest BCUT2D eigenvalue weighted by atomic mass is 10.2. The molecule has 2 aliphatic heterocycles. The normalized spacial score (nSPS) is 21.7. The molecule has 0 amide bonds. The van der Waals surface area contributed by atoms with E-state index in [1.165, 1.54) is 32.9 Å². The van der Waals surface area contributed by atoms with Gasteiger partial charge in [-0.2, -0.15) is 8.61 Å². The van der Waals surface area contributed by atoms with Gasteiger partial charge in [0.15, 0.2) is 0 Å². The van der Waals surface area contributed by atoms with Gasteiger partial charge in [0, 0.05) is 26.2 Å². The van der Waals surface area contributed by atoms with Gasteiger partial charge in [-0.3, -0.25) is 0 Å². The molecule has 2 aliphatic rings. The van der Waals surface area contributed by atoms with Crippen LogP contribution in [-0.2, 0) is 20.0 Å². The van der Waals surface area contributed by atoms with E-state index in [4.69, 9.17) is 0 Å². The highest BCUT2D eigenvalue weighted by molar-refractivity contribution is 7.89. The van der Waals surface area contributed by atoms with Crippen molar-refractivity contribution in [2.75, 3.05) is 26.2 Å². The van der Waals surface area contributed by atoms with Crippen LogP contribution in [-0.4, -0.2) is 51.6 Å². The number of piperidine rings is 2. The summed E-state index contributed by atoms with van der Waals surface area (Å²) in [7, 11) is -7.05. The summed E-state index contributed by atoms with van der Waals surface area (Å²) in [5.41, 5.74) is 0. The van der Waals surface area contributed by atoms with Gasteiger partial charge in [-0.1, -0.05) is 12.8 Å². The number of sulfonamides is 2. The van der Waals surface area contributed by atoms with Crippen LogP contribution >= 0.6 is 0 Å². The second-order valence-electron chi connectivity index (χ2n) is 6.40. The second kappa shape index (κ2) is 7.11. The van der Waals surface area contributed by atoms with Gasteiger partial charge in [-0.05, 0) is 49.9 Å². The van der Waals surface area contributed by atoms with Crippen LogP contribution in [0.4, 0.5) is 0 Å². The zero-order chi connectivity index (χ0) is 17.2. The summed E-state index contributed by atoms with van der Waals surface area (Å²) in [6, 6.07) is 5.67. The van der Waals surface area contributed by atoms with Gasteiger partial charge in [0.1, 0.15) is 0 Å². The van der Waals surface area contributed by atoms with Crippen LogP contribution in [0.1, 0.15) is 38.5 Å². The van der Waals surface area contributed by atoms with Crippen molar-refractivity contribution in [2.45, 2.75) is 48.3 Å². The van der Waals surface area contributed by atoms with Gasteiger partial charge in [-0.15, -0.1) is 0 Å². The van der Waals surface area contributed by atoms with Crippen molar-refractivity contribution in [3.8, 4) is 0 Å². The summed E-state index contributed by atoms with van der Waals surface area (Å²) in [5.74, 6) is 0. The zero-order valence-corrected chi connectivity index (χ0v) is 15.4. The first kappa shape index (κ1) is 17.8. The molecule has 0 aromatic heterocycles. The van der Waals surface area contributed by atoms with Crippen molar-refractivity contribution in [3.63, 3.8) is 0 Å². The van der Waals surface area contributed by atoms with Crippen molar-refractivity contribution in [1.29, 1.82) is 0 Å². The third kappa shape index (κ3) is 3.51. The summed E-state index contributed by atoms with van der Waals surface area (Å²) < 4.78 is 53.4. The van der Waals surface area contributed by atoms with Crippen molar-refractivity contribution >= 4 is 20.0 Å². The lowest BCUT2D eigenvalue weighted by Crippen LogP contribution is -2.36. The zero-order valence-electron chi connectivity index (χ0n) is 13.7. The van der Waals surface area contributed by atoms with Gasteiger partial charge in [0.2, 0.25) is 20.0 Å². The summed E-state index contributed by atoms with van der Waals surface area (Å²) in [6.45, 7) is 2.15. The molecule has 0 saturated carbocycles. The van der Waals surface area contributed by atoms with Crippen LogP contribution in [0.15, 0.2) is 34.1 Å². The van der Waals surface area contributed by atoms with E-state index in [2.05, 4.69) is 0 Å². The molecule has 0 radical (unpaired) electrons. The minimum atomic E-state index is -3.52. The summed E-state index contributed by atoms with van der Waals surface area (Å²) >= 11 is 0. The Bertz CT molecular complexity index is 694. The maximum atomic E-state index is 12.6. The fourth-order valence-electron chi connectivity index (χ4n) is 3.29. The fraction of sp³-hybridized carbons (Fsp3) is 0.625. The highest BCUT2D eigenvalue weighted by atomic mass is 32.2. The van der Waals surface area contributed by atoms with Gasteiger partial charge < -0.3 is 0 Å². The first-order chi connectivity index (χ1) is 11.4. The molecule has 0 unspecified atom stereocenters. The third-order valence-electron chi connectivity index (χ3n) is 4.73. The standard InChI is InChI=1S/C16H24N2O4S2/c19-23(20,17-11-3-1-4-12-17)15-7-9-16(10-8-15)24(21,22)18-13-5-2-6-14-18/h7-10H,1-6,11-14H2. The van der Waals surface area contributed by atoms with Crippen molar-refractivity contribution in [1.82, 2.24) is 8.61 Å². The number of hydrogen-bond acceptors (Lipinski definition) is 4. The van der Waals surface area contributed by atoms with Crippen LogP contribution in [0.25, 0.3) is 0 Å². The lowest BCUT2D eigenvalue weighted by molar-refractivity contribution is 0.345. The summed E-state index contributed by atoms with van der Waals surface area (Å²) in [6.07, 6.45) is 5.61. The Kier molecular flexibility index (Phi) is 5.29. The molecule has 2 saturated heterocycles. The monoisotopic (exact) mass is 372 g/mol. The first-order valence-electron chi connectivity index (χ1n) is 8.53. The lowest BCUT2D eigenvalue weighted by Gasteiger charge is -2.27. The maximum absolute atomic E-state index is 12.6. The third-order valence-corrected chi connectivity index (χ3v) is 8.56. The average molecular weight is 373 g/mol. The highest BCUT2D eigenvalue weighted by Crippen LogP contribution is 2.24. The van der Waals surface area contributed by atoms with E-state index in [9.17, 15) is 16.8 Å². The van der Waals surface area contributed by atoms with Crippen molar-refractivity contribution in [3.05, 3.63) is 24.3 Å². The second-order valence-corrected chi connectivity index (χ2v) is 10.3. The highest BCUT2D eigenvalue weighted by Gasteiger charge is 2.28. The maximum Gasteiger partial charge on any atom is 0.243 e. The van der Waals surface area contributed by atoms with E-state index in [-0.39, 0.29) is 9.79 Å². The van der Waals surface area contributed by atoms with Crippen LogP contribution in [0.2, 0.25) is 0 Å². The number of hydrogen-bond donors (Lipinski definition) is 0. The topological polar surface area (TPSA) is 74.8 Å². The minimum absolute atomic E-state index is 0.169. The quantitative estimate of drug-likeness (QED) is 0.810. The van der Waals surface area contributed by atoms with E-state index in [1.807, 2.05) is 0 Å². The Morgan fingerprint density at radius 2 is 0.833 bits per heavy atom. The molecule has 2 fully saturated rings. The van der Waals surface area contributed by atoms with Crippen LogP contribution in [0.5, 0.6) is 0 Å². The van der Waals surface area contributed by atoms with E-state index in [1.54, 1.807) is 0 Å². The minimum Gasteiger partial charge on any atom is -0.207 e. The summed E-state index contributed by atoms with van der Waals surface area (Å²) in [5, 5.41) is 0. The van der Waals surface area contributed by atoms with E-state index in [0.717, 1.165) is 38.5 Å². The predicted molar refractivity (Wildman–Crippen MR) is 91.7 cm³/mol. The fourth-order valence-corrected chi connectivity index (χ4v) is 6.33. The van der Waals surface area contributed by atoms with E-state index >= 15 is 0 Å². The molecule has 0 atom stereocenters. The average Bonchev–Trinajstić information content (AvgIpc) is 2.63. The number of benzene rings is 1. The molecule has 0 N–H and O–H groups in total. The Labute approximate surface area is 144 Å².